The van der Waals surface area contributed by atoms with Crippen LogP contribution in [0, 0.1) is 13.8 Å². The molecule has 0 saturated heterocycles. The Kier molecular flexibility index (Phi) is 6.34. The number of nitrogens with zero attached hydrogens (tertiary/aromatic N) is 2. The number of para-hydroxylation sites is 4. The van der Waals surface area contributed by atoms with E-state index in [0.29, 0.717) is 0 Å². The minimum absolute atomic E-state index is 1.15. The average molecular weight is 639 g/mol. The smallest absolute Gasteiger partial charge is 0.0553 e. The molecule has 2 nitrogen and oxygen atoms in total. The molecule has 0 aliphatic rings. The highest BCUT2D eigenvalue weighted by Gasteiger charge is 2.21. The normalized spacial score (nSPS) is 11.8. The van der Waals surface area contributed by atoms with E-state index in [9.17, 15) is 0 Å². The van der Waals surface area contributed by atoms with Crippen LogP contribution in [0.15, 0.2) is 170 Å². The molecule has 0 spiro atoms. The van der Waals surface area contributed by atoms with E-state index in [2.05, 4.69) is 193 Å². The van der Waals surface area contributed by atoms with Gasteiger partial charge in [0, 0.05) is 33.5 Å². The van der Waals surface area contributed by atoms with Crippen molar-refractivity contribution in [2.24, 2.45) is 0 Å². The first-order chi connectivity index (χ1) is 24.7. The van der Waals surface area contributed by atoms with Crippen molar-refractivity contribution >= 4 is 71.2 Å². The standard InChI is InChI=1S/C48H34N2/c1-31-29-44(49(35-14-6-3-7-15-35)36-16-8-4-9-17-36)32(2)28-42(31)38-25-22-33-23-27-41-47-34(24-26-39(38)46(33)47)30-45-48(41)40-20-12-13-21-43(40)50(45)37-18-10-5-11-19-37/h3-30H,1-2H3. The fourth-order valence-corrected chi connectivity index (χ4v) is 8.33. The Bertz CT molecular complexity index is 2830. The number of aromatic nitrogens is 1. The zero-order valence-corrected chi connectivity index (χ0v) is 28.1. The molecule has 0 saturated carbocycles. The Labute approximate surface area is 291 Å². The lowest BCUT2D eigenvalue weighted by molar-refractivity contribution is 1.18. The van der Waals surface area contributed by atoms with Gasteiger partial charge in [-0.25, -0.2) is 0 Å². The summed E-state index contributed by atoms with van der Waals surface area (Å²) in [7, 11) is 0. The summed E-state index contributed by atoms with van der Waals surface area (Å²) in [4.78, 5) is 2.37. The summed E-state index contributed by atoms with van der Waals surface area (Å²) < 4.78 is 2.42. The van der Waals surface area contributed by atoms with Crippen molar-refractivity contribution in [1.29, 1.82) is 0 Å². The first kappa shape index (κ1) is 28.6. The quantitative estimate of drug-likeness (QED) is 0.170. The fourth-order valence-electron chi connectivity index (χ4n) is 8.33. The van der Waals surface area contributed by atoms with E-state index in [1.54, 1.807) is 0 Å². The molecule has 0 atom stereocenters. The second-order valence-electron chi connectivity index (χ2n) is 13.5. The lowest BCUT2D eigenvalue weighted by Gasteiger charge is -2.28. The number of benzene rings is 9. The van der Waals surface area contributed by atoms with Crippen molar-refractivity contribution < 1.29 is 0 Å². The number of hydrogen-bond acceptors (Lipinski definition) is 1. The minimum Gasteiger partial charge on any atom is -0.310 e. The Hall–Kier alpha value is -6.38. The maximum Gasteiger partial charge on any atom is 0.0553 e. The minimum atomic E-state index is 1.15. The second kappa shape index (κ2) is 11.1. The highest BCUT2D eigenvalue weighted by atomic mass is 15.1. The Morgan fingerprint density at radius 3 is 1.74 bits per heavy atom. The van der Waals surface area contributed by atoms with Gasteiger partial charge >= 0.3 is 0 Å². The molecule has 50 heavy (non-hydrogen) atoms. The number of fused-ring (bicyclic) bond motifs is 4. The van der Waals surface area contributed by atoms with Gasteiger partial charge in [0.2, 0.25) is 0 Å². The van der Waals surface area contributed by atoms with Crippen LogP contribution in [0.1, 0.15) is 11.1 Å². The molecule has 2 heteroatoms. The molecular formula is C48H34N2. The summed E-state index contributed by atoms with van der Waals surface area (Å²) in [6.45, 7) is 4.50. The molecule has 1 heterocycles. The third-order valence-electron chi connectivity index (χ3n) is 10.5. The Morgan fingerprint density at radius 1 is 0.400 bits per heavy atom. The van der Waals surface area contributed by atoms with Gasteiger partial charge in [-0.05, 0) is 129 Å². The van der Waals surface area contributed by atoms with Gasteiger partial charge in [-0.15, -0.1) is 0 Å². The summed E-state index contributed by atoms with van der Waals surface area (Å²) in [6, 6.07) is 62.1. The molecule has 1 aromatic heterocycles. The molecule has 10 rings (SSSR count). The first-order valence-electron chi connectivity index (χ1n) is 17.4. The Morgan fingerprint density at radius 2 is 1.00 bits per heavy atom. The zero-order chi connectivity index (χ0) is 33.3. The SMILES string of the molecule is Cc1cc(N(c2ccccc2)c2ccccc2)c(C)cc1-c1ccc2ccc3c4c(ccc1c24)cc1c3c2ccccc2n1-c1ccccc1. The highest BCUT2D eigenvalue weighted by molar-refractivity contribution is 6.34. The topological polar surface area (TPSA) is 8.17 Å². The van der Waals surface area contributed by atoms with Crippen molar-refractivity contribution in [2.45, 2.75) is 13.8 Å². The fraction of sp³-hybridized carbons (Fsp3) is 0.0417. The van der Waals surface area contributed by atoms with Crippen LogP contribution in [0.2, 0.25) is 0 Å². The van der Waals surface area contributed by atoms with Crippen molar-refractivity contribution in [1.82, 2.24) is 4.57 Å². The van der Waals surface area contributed by atoms with E-state index in [0.717, 1.165) is 11.4 Å². The average Bonchev–Trinajstić information content (AvgIpc) is 3.50. The summed E-state index contributed by atoms with van der Waals surface area (Å²) in [5, 5.41) is 10.4. The summed E-state index contributed by atoms with van der Waals surface area (Å²) >= 11 is 0. The van der Waals surface area contributed by atoms with E-state index < -0.39 is 0 Å². The molecule has 0 bridgehead atoms. The molecule has 9 aromatic carbocycles. The molecule has 0 N–H and O–H groups in total. The summed E-state index contributed by atoms with van der Waals surface area (Å²) in [5.41, 5.74) is 12.2. The van der Waals surface area contributed by atoms with Crippen molar-refractivity contribution in [3.8, 4) is 16.8 Å². The highest BCUT2D eigenvalue weighted by Crippen LogP contribution is 2.46. The van der Waals surface area contributed by atoms with Gasteiger partial charge in [0.25, 0.3) is 0 Å². The van der Waals surface area contributed by atoms with Gasteiger partial charge in [0.15, 0.2) is 0 Å². The first-order valence-corrected chi connectivity index (χ1v) is 17.4. The maximum atomic E-state index is 2.42. The predicted molar refractivity (Wildman–Crippen MR) is 214 cm³/mol. The van der Waals surface area contributed by atoms with Crippen LogP contribution >= 0.6 is 0 Å². The van der Waals surface area contributed by atoms with Crippen molar-refractivity contribution in [3.05, 3.63) is 181 Å². The van der Waals surface area contributed by atoms with Crippen LogP contribution in [0.25, 0.3) is 70.9 Å². The van der Waals surface area contributed by atoms with Crippen LogP contribution in [-0.4, -0.2) is 4.57 Å². The van der Waals surface area contributed by atoms with E-state index in [1.165, 1.54) is 87.8 Å². The van der Waals surface area contributed by atoms with Crippen LogP contribution < -0.4 is 4.90 Å². The second-order valence-corrected chi connectivity index (χ2v) is 13.5. The Balaban J connectivity index is 1.21. The van der Waals surface area contributed by atoms with Crippen molar-refractivity contribution in [2.75, 3.05) is 4.90 Å². The van der Waals surface area contributed by atoms with Gasteiger partial charge in [-0.2, -0.15) is 0 Å². The molecule has 0 unspecified atom stereocenters. The molecule has 0 aliphatic carbocycles. The van der Waals surface area contributed by atoms with Crippen LogP contribution in [-0.2, 0) is 0 Å². The van der Waals surface area contributed by atoms with E-state index >= 15 is 0 Å². The van der Waals surface area contributed by atoms with E-state index in [4.69, 9.17) is 0 Å². The van der Waals surface area contributed by atoms with Gasteiger partial charge < -0.3 is 9.47 Å². The van der Waals surface area contributed by atoms with Crippen LogP contribution in [0.3, 0.4) is 0 Å². The number of anilines is 3. The third kappa shape index (κ3) is 4.22. The molecule has 0 radical (unpaired) electrons. The van der Waals surface area contributed by atoms with E-state index in [-0.39, 0.29) is 0 Å². The van der Waals surface area contributed by atoms with Crippen LogP contribution in [0.5, 0.6) is 0 Å². The molecule has 10 aromatic rings. The summed E-state index contributed by atoms with van der Waals surface area (Å²) in [5.74, 6) is 0. The number of hydrogen-bond donors (Lipinski definition) is 0. The summed E-state index contributed by atoms with van der Waals surface area (Å²) in [6.07, 6.45) is 0. The third-order valence-corrected chi connectivity index (χ3v) is 10.5. The van der Waals surface area contributed by atoms with Gasteiger partial charge in [-0.1, -0.05) is 109 Å². The lowest BCUT2D eigenvalue weighted by Crippen LogP contribution is -2.11. The lowest BCUT2D eigenvalue weighted by atomic mass is 9.87. The monoisotopic (exact) mass is 638 g/mol. The van der Waals surface area contributed by atoms with Crippen molar-refractivity contribution in [3.63, 3.8) is 0 Å². The maximum absolute atomic E-state index is 2.42. The molecular weight excluding hydrogens is 605 g/mol. The molecule has 0 fully saturated rings. The largest absolute Gasteiger partial charge is 0.310 e. The molecule has 236 valence electrons. The zero-order valence-electron chi connectivity index (χ0n) is 28.1. The van der Waals surface area contributed by atoms with Gasteiger partial charge in [-0.3, -0.25) is 0 Å². The van der Waals surface area contributed by atoms with Gasteiger partial charge in [0.1, 0.15) is 0 Å². The van der Waals surface area contributed by atoms with E-state index in [1.807, 2.05) is 0 Å². The van der Waals surface area contributed by atoms with Gasteiger partial charge in [0.05, 0.1) is 11.0 Å². The number of rotatable bonds is 5. The predicted octanol–water partition coefficient (Wildman–Crippen LogP) is 13.4. The van der Waals surface area contributed by atoms with Crippen LogP contribution in [0.4, 0.5) is 17.1 Å². The molecule has 0 amide bonds. The number of aryl methyl sites for hydroxylation is 2. The molecule has 0 aliphatic heterocycles.